The lowest BCUT2D eigenvalue weighted by atomic mass is 9.77. The summed E-state index contributed by atoms with van der Waals surface area (Å²) in [6.45, 7) is 30.4. The first kappa shape index (κ1) is 35.8. The first-order chi connectivity index (χ1) is 21.8. The van der Waals surface area contributed by atoms with Crippen LogP contribution in [0.3, 0.4) is 0 Å². The fourth-order valence-corrected chi connectivity index (χ4v) is 8.08. The smallest absolute Gasteiger partial charge is 0.169 e. The lowest BCUT2D eigenvalue weighted by Gasteiger charge is -2.32. The molecule has 0 fully saturated rings. The zero-order valence-corrected chi connectivity index (χ0v) is 32.7. The maximum Gasteiger partial charge on any atom is 0.169 e. The summed E-state index contributed by atoms with van der Waals surface area (Å²) in [5, 5.41) is 0. The van der Waals surface area contributed by atoms with Gasteiger partial charge < -0.3 is 4.90 Å². The van der Waals surface area contributed by atoms with E-state index in [2.05, 4.69) is 155 Å². The molecule has 2 aliphatic rings. The van der Waals surface area contributed by atoms with Gasteiger partial charge in [0.1, 0.15) is 0 Å². The average molecular weight is 648 g/mol. The second-order valence-corrected chi connectivity index (χ2v) is 19.2. The van der Waals surface area contributed by atoms with Crippen molar-refractivity contribution in [3.8, 4) is 22.3 Å². The molecule has 0 aromatic heterocycles. The quantitative estimate of drug-likeness (QED) is 0.262. The van der Waals surface area contributed by atoms with E-state index in [4.69, 9.17) is 0 Å². The summed E-state index contributed by atoms with van der Waals surface area (Å²) in [6, 6.07) is 21.8. The number of hydrogen-bond acceptors (Lipinski definition) is 2. The number of anilines is 1. The van der Waals surface area contributed by atoms with Gasteiger partial charge in [-0.15, -0.1) is 0 Å². The van der Waals surface area contributed by atoms with E-state index in [0.29, 0.717) is 5.92 Å². The molecule has 0 spiro atoms. The molecule has 1 aliphatic carbocycles. The minimum absolute atomic E-state index is 0.0454. The van der Waals surface area contributed by atoms with Gasteiger partial charge in [0.2, 0.25) is 0 Å². The van der Waals surface area contributed by atoms with Gasteiger partial charge in [0.15, 0.2) is 5.88 Å². The minimum atomic E-state index is 0.0454. The molecule has 1 atom stereocenters. The highest BCUT2D eigenvalue weighted by Gasteiger charge is 2.36. The second-order valence-electron chi connectivity index (χ2n) is 18.4. The molecule has 2 radical (unpaired) electrons. The minimum Gasteiger partial charge on any atom is -0.321 e. The third-order valence-corrected chi connectivity index (χ3v) is 11.3. The van der Waals surface area contributed by atoms with Crippen LogP contribution in [0, 0.1) is 11.8 Å². The molecule has 3 aromatic rings. The molecule has 0 bridgehead atoms. The van der Waals surface area contributed by atoms with Crippen molar-refractivity contribution >= 4 is 17.4 Å². The monoisotopic (exact) mass is 647 g/mol. The van der Waals surface area contributed by atoms with Crippen LogP contribution in [0.1, 0.15) is 151 Å². The largest absolute Gasteiger partial charge is 0.321 e. The molecule has 0 saturated carbocycles. The highest BCUT2D eigenvalue weighted by molar-refractivity contribution is 8.05. The van der Waals surface area contributed by atoms with Crippen molar-refractivity contribution in [2.75, 3.05) is 4.90 Å². The molecule has 3 aromatic carbocycles. The van der Waals surface area contributed by atoms with Gasteiger partial charge in [-0.1, -0.05) is 169 Å². The Morgan fingerprint density at radius 1 is 0.681 bits per heavy atom. The fraction of sp³-hybridized carbons (Fsp3) is 0.533. The fourth-order valence-electron chi connectivity index (χ4n) is 6.98. The maximum absolute atomic E-state index is 3.90. The Morgan fingerprint density at radius 2 is 1.13 bits per heavy atom. The molecule has 252 valence electrons. The molecule has 1 nitrogen and oxygen atoms in total. The summed E-state index contributed by atoms with van der Waals surface area (Å²) in [4.78, 5) is 4.08. The summed E-state index contributed by atoms with van der Waals surface area (Å²) in [5.41, 5.74) is 13.7. The SMILES string of the molecule is CCCCC1CCCC2=C1S[C]N2c1c(-c2cc(C(C)(C)C)cc(C(C)(C)C)c2)cccc1-c1cc(C(C)(C)C)cc(C(C)(C)C)c1. The van der Waals surface area contributed by atoms with Crippen LogP contribution >= 0.6 is 11.8 Å². The summed E-state index contributed by atoms with van der Waals surface area (Å²) in [6.07, 6.45) is 7.53. The lowest BCUT2D eigenvalue weighted by molar-refractivity contribution is 0.469. The molecule has 0 saturated heterocycles. The lowest BCUT2D eigenvalue weighted by Crippen LogP contribution is -2.21. The highest BCUT2D eigenvalue weighted by atomic mass is 32.2. The van der Waals surface area contributed by atoms with Gasteiger partial charge in [0, 0.05) is 21.7 Å². The predicted octanol–water partition coefficient (Wildman–Crippen LogP) is 14.0. The third-order valence-electron chi connectivity index (χ3n) is 10.3. The van der Waals surface area contributed by atoms with Crippen LogP contribution in [-0.2, 0) is 21.7 Å². The maximum atomic E-state index is 3.90. The van der Waals surface area contributed by atoms with Crippen molar-refractivity contribution in [2.45, 2.75) is 150 Å². The van der Waals surface area contributed by atoms with Crippen molar-refractivity contribution in [2.24, 2.45) is 5.92 Å². The first-order valence-electron chi connectivity index (χ1n) is 18.2. The first-order valence-corrected chi connectivity index (χ1v) is 19.0. The average Bonchev–Trinajstić information content (AvgIpc) is 3.42. The van der Waals surface area contributed by atoms with Gasteiger partial charge in [0.05, 0.1) is 5.69 Å². The number of rotatable bonds is 6. The van der Waals surface area contributed by atoms with Crippen LogP contribution in [0.25, 0.3) is 22.3 Å². The Labute approximate surface area is 293 Å². The van der Waals surface area contributed by atoms with Crippen LogP contribution in [-0.4, -0.2) is 0 Å². The van der Waals surface area contributed by atoms with Gasteiger partial charge in [-0.2, -0.15) is 0 Å². The van der Waals surface area contributed by atoms with Crippen LogP contribution in [0.4, 0.5) is 5.69 Å². The normalized spacial score (nSPS) is 17.8. The zero-order valence-electron chi connectivity index (χ0n) is 31.9. The molecule has 2 heteroatoms. The Bertz CT molecular complexity index is 1470. The zero-order chi connectivity index (χ0) is 34.5. The van der Waals surface area contributed by atoms with Crippen molar-refractivity contribution in [1.29, 1.82) is 0 Å². The molecule has 0 N–H and O–H groups in total. The molecule has 1 heterocycles. The van der Waals surface area contributed by atoms with Crippen molar-refractivity contribution < 1.29 is 0 Å². The predicted molar refractivity (Wildman–Crippen MR) is 209 cm³/mol. The summed E-state index contributed by atoms with van der Waals surface area (Å²) < 4.78 is 0. The van der Waals surface area contributed by atoms with E-state index < -0.39 is 0 Å². The van der Waals surface area contributed by atoms with Crippen molar-refractivity contribution in [1.82, 2.24) is 0 Å². The topological polar surface area (TPSA) is 3.24 Å². The van der Waals surface area contributed by atoms with Crippen LogP contribution in [0.2, 0.25) is 0 Å². The second kappa shape index (κ2) is 13.1. The molecule has 1 unspecified atom stereocenters. The van der Waals surface area contributed by atoms with Crippen LogP contribution in [0.5, 0.6) is 0 Å². The molecule has 47 heavy (non-hydrogen) atoms. The number of nitrogens with zero attached hydrogens (tertiary/aromatic N) is 1. The molecule has 0 amide bonds. The standard InChI is InChI=1S/C45H61NS/c1-14-15-18-30-19-16-22-39-41(30)47-29-46(39)40-37(31-23-33(42(2,3)4)27-34(24-31)43(5,6)7)20-17-21-38(40)32-25-35(44(8,9)10)28-36(26-32)45(11,12)13/h17,20-21,23-28,30H,14-16,18-19,22H2,1-13H3. The number of unbranched alkanes of at least 4 members (excludes halogenated alkanes) is 1. The summed E-state index contributed by atoms with van der Waals surface area (Å²) >= 11 is 1.88. The van der Waals surface area contributed by atoms with E-state index in [0.717, 1.165) is 6.42 Å². The van der Waals surface area contributed by atoms with Gasteiger partial charge in [-0.25, -0.2) is 0 Å². The van der Waals surface area contributed by atoms with Gasteiger partial charge in [-0.3, -0.25) is 0 Å². The number of benzene rings is 3. The van der Waals surface area contributed by atoms with Gasteiger partial charge in [-0.05, 0) is 86.6 Å². The van der Waals surface area contributed by atoms with E-state index in [1.54, 1.807) is 4.91 Å². The van der Waals surface area contributed by atoms with E-state index in [9.17, 15) is 0 Å². The van der Waals surface area contributed by atoms with Crippen molar-refractivity contribution in [3.05, 3.63) is 93.3 Å². The number of para-hydroxylation sites is 1. The van der Waals surface area contributed by atoms with Crippen LogP contribution < -0.4 is 4.90 Å². The van der Waals surface area contributed by atoms with Gasteiger partial charge in [0.25, 0.3) is 0 Å². The van der Waals surface area contributed by atoms with E-state index in [-0.39, 0.29) is 21.7 Å². The highest BCUT2D eigenvalue weighted by Crippen LogP contribution is 2.54. The Morgan fingerprint density at radius 3 is 1.53 bits per heavy atom. The summed E-state index contributed by atoms with van der Waals surface area (Å²) in [5.74, 6) is 4.55. The molecule has 5 rings (SSSR count). The number of allylic oxidation sites excluding steroid dienone is 2. The molecule has 1 aliphatic heterocycles. The van der Waals surface area contributed by atoms with E-state index in [1.165, 1.54) is 88.0 Å². The van der Waals surface area contributed by atoms with Gasteiger partial charge >= 0.3 is 0 Å². The summed E-state index contributed by atoms with van der Waals surface area (Å²) in [7, 11) is 0. The molecular formula is C45H61NS. The van der Waals surface area contributed by atoms with E-state index in [1.807, 2.05) is 11.8 Å². The number of hydrogen-bond donors (Lipinski definition) is 0. The Kier molecular flexibility index (Phi) is 10.00. The molecular weight excluding hydrogens is 587 g/mol. The third kappa shape index (κ3) is 7.74. The van der Waals surface area contributed by atoms with E-state index >= 15 is 0 Å². The van der Waals surface area contributed by atoms with Crippen molar-refractivity contribution in [3.63, 3.8) is 0 Å². The van der Waals surface area contributed by atoms with Crippen LogP contribution in [0.15, 0.2) is 65.2 Å². The Hall–Kier alpha value is -2.45. The number of thioether (sulfide) groups is 1. The Balaban J connectivity index is 1.83.